The first-order valence-corrected chi connectivity index (χ1v) is 8.10. The lowest BCUT2D eigenvalue weighted by Crippen LogP contribution is -2.03. The first-order valence-electron chi connectivity index (χ1n) is 8.10. The van der Waals surface area contributed by atoms with Crippen LogP contribution in [0.25, 0.3) is 21.8 Å². The second-order valence-corrected chi connectivity index (χ2v) is 5.91. The number of ether oxygens (including phenoxy) is 1. The smallest absolute Gasteiger partial charge is 0.338 e. The Morgan fingerprint density at radius 1 is 1.00 bits per heavy atom. The predicted molar refractivity (Wildman–Crippen MR) is 98.9 cm³/mol. The number of esters is 1. The minimum absolute atomic E-state index is 0.0841. The van der Waals surface area contributed by atoms with E-state index in [4.69, 9.17) is 5.11 Å². The highest BCUT2D eigenvalue weighted by atomic mass is 16.5. The van der Waals surface area contributed by atoms with Crippen molar-refractivity contribution in [3.05, 3.63) is 58.9 Å². The van der Waals surface area contributed by atoms with Crippen LogP contribution in [0.5, 0.6) is 0 Å². The lowest BCUT2D eigenvalue weighted by Gasteiger charge is -2.03. The van der Waals surface area contributed by atoms with Gasteiger partial charge in [-0.25, -0.2) is 4.79 Å². The number of aliphatic hydroxyl groups excluding tert-OH is 1. The lowest BCUT2D eigenvalue weighted by atomic mass is 10.1. The Morgan fingerprint density at radius 3 is 2.15 bits per heavy atom. The average Bonchev–Trinajstić information content (AvgIpc) is 3.32. The SMILES string of the molecule is COC(=O)c1ccc2cn[nH]c2c1C.Cc1c(CO)ccc2cn[nH]c12. The number of benzene rings is 2. The van der Waals surface area contributed by atoms with Gasteiger partial charge in [0.25, 0.3) is 0 Å². The fourth-order valence-corrected chi connectivity index (χ4v) is 2.86. The molecule has 2 aromatic carbocycles. The van der Waals surface area contributed by atoms with E-state index in [1.165, 1.54) is 7.11 Å². The highest BCUT2D eigenvalue weighted by molar-refractivity contribution is 5.97. The molecule has 0 aliphatic carbocycles. The monoisotopic (exact) mass is 352 g/mol. The average molecular weight is 352 g/mol. The van der Waals surface area contributed by atoms with Gasteiger partial charge in [-0.2, -0.15) is 10.2 Å². The quantitative estimate of drug-likeness (QED) is 0.481. The first-order chi connectivity index (χ1) is 12.6. The van der Waals surface area contributed by atoms with E-state index in [0.717, 1.165) is 38.5 Å². The van der Waals surface area contributed by atoms with Gasteiger partial charge in [0.2, 0.25) is 0 Å². The zero-order valence-electron chi connectivity index (χ0n) is 14.8. The van der Waals surface area contributed by atoms with Crippen molar-refractivity contribution in [2.75, 3.05) is 7.11 Å². The summed E-state index contributed by atoms with van der Waals surface area (Å²) in [5.74, 6) is -0.320. The van der Waals surface area contributed by atoms with Crippen LogP contribution in [0.1, 0.15) is 27.0 Å². The lowest BCUT2D eigenvalue weighted by molar-refractivity contribution is 0.0600. The largest absolute Gasteiger partial charge is 0.465 e. The third-order valence-electron chi connectivity index (χ3n) is 4.44. The summed E-state index contributed by atoms with van der Waals surface area (Å²) in [4.78, 5) is 11.3. The molecule has 3 N–H and O–H groups in total. The number of nitrogens with one attached hydrogen (secondary N) is 2. The molecule has 0 fully saturated rings. The molecule has 7 heteroatoms. The Balaban J connectivity index is 0.000000152. The van der Waals surface area contributed by atoms with Crippen LogP contribution < -0.4 is 0 Å². The second kappa shape index (κ2) is 7.37. The van der Waals surface area contributed by atoms with Crippen molar-refractivity contribution in [2.24, 2.45) is 0 Å². The Morgan fingerprint density at radius 2 is 1.58 bits per heavy atom. The maximum absolute atomic E-state index is 11.3. The number of hydrogen-bond acceptors (Lipinski definition) is 5. The van der Waals surface area contributed by atoms with Crippen molar-refractivity contribution in [1.29, 1.82) is 0 Å². The van der Waals surface area contributed by atoms with Crippen molar-refractivity contribution < 1.29 is 14.6 Å². The van der Waals surface area contributed by atoms with E-state index in [9.17, 15) is 4.79 Å². The summed E-state index contributed by atoms with van der Waals surface area (Å²) in [5.41, 5.74) is 5.37. The number of nitrogens with zero attached hydrogens (tertiary/aromatic N) is 2. The van der Waals surface area contributed by atoms with Crippen molar-refractivity contribution in [1.82, 2.24) is 20.4 Å². The Bertz CT molecular complexity index is 1070. The first kappa shape index (κ1) is 17.6. The number of rotatable bonds is 2. The van der Waals surface area contributed by atoms with E-state index in [0.29, 0.717) is 5.56 Å². The van der Waals surface area contributed by atoms with Gasteiger partial charge in [0.15, 0.2) is 0 Å². The third kappa shape index (κ3) is 3.16. The molecular weight excluding hydrogens is 332 g/mol. The minimum Gasteiger partial charge on any atom is -0.465 e. The van der Waals surface area contributed by atoms with Gasteiger partial charge >= 0.3 is 5.97 Å². The van der Waals surface area contributed by atoms with Gasteiger partial charge in [0, 0.05) is 10.8 Å². The Kier molecular flexibility index (Phi) is 4.99. The summed E-state index contributed by atoms with van der Waals surface area (Å²) >= 11 is 0. The molecule has 0 atom stereocenters. The topological polar surface area (TPSA) is 104 Å². The van der Waals surface area contributed by atoms with Crippen LogP contribution in [-0.2, 0) is 11.3 Å². The van der Waals surface area contributed by atoms with Gasteiger partial charge in [-0.3, -0.25) is 10.2 Å². The van der Waals surface area contributed by atoms with Crippen molar-refractivity contribution in [3.8, 4) is 0 Å². The molecule has 4 aromatic rings. The fraction of sp³-hybridized carbons (Fsp3) is 0.211. The van der Waals surface area contributed by atoms with Gasteiger partial charge in [-0.05, 0) is 36.6 Å². The van der Waals surface area contributed by atoms with Gasteiger partial charge < -0.3 is 9.84 Å². The summed E-state index contributed by atoms with van der Waals surface area (Å²) in [6.07, 6.45) is 3.51. The molecule has 0 aliphatic rings. The van der Waals surface area contributed by atoms with E-state index >= 15 is 0 Å². The van der Waals surface area contributed by atoms with Crippen LogP contribution >= 0.6 is 0 Å². The second-order valence-electron chi connectivity index (χ2n) is 5.91. The summed E-state index contributed by atoms with van der Waals surface area (Å²) in [5, 5.41) is 24.7. The molecule has 0 saturated carbocycles. The van der Waals surface area contributed by atoms with Crippen LogP contribution in [0.2, 0.25) is 0 Å². The van der Waals surface area contributed by atoms with E-state index in [2.05, 4.69) is 25.1 Å². The molecule has 7 nitrogen and oxygen atoms in total. The molecule has 4 rings (SSSR count). The molecule has 0 unspecified atom stereocenters. The molecule has 0 radical (unpaired) electrons. The van der Waals surface area contributed by atoms with Crippen LogP contribution in [0.4, 0.5) is 0 Å². The molecule has 2 heterocycles. The molecular formula is C19H20N4O3. The fourth-order valence-electron chi connectivity index (χ4n) is 2.86. The number of aliphatic hydroxyl groups is 1. The number of methoxy groups -OCH3 is 1. The summed E-state index contributed by atoms with van der Waals surface area (Å²) < 4.78 is 4.67. The van der Waals surface area contributed by atoms with E-state index < -0.39 is 0 Å². The maximum Gasteiger partial charge on any atom is 0.338 e. The number of aryl methyl sites for hydroxylation is 2. The van der Waals surface area contributed by atoms with Gasteiger partial charge in [0.05, 0.1) is 42.7 Å². The standard InChI is InChI=1S/C10H10N2O2.C9H10N2O/c1-6-8(10(13)14-2)4-3-7-5-11-12-9(6)7;1-6-8(5-12)3-2-7-4-10-11-9(6)7/h3-5H,1-2H3,(H,11,12);2-4,12H,5H2,1H3,(H,10,11). The van der Waals surface area contributed by atoms with Gasteiger partial charge in [-0.1, -0.05) is 18.2 Å². The van der Waals surface area contributed by atoms with Crippen LogP contribution in [0, 0.1) is 13.8 Å². The van der Waals surface area contributed by atoms with Crippen molar-refractivity contribution in [3.63, 3.8) is 0 Å². The molecule has 134 valence electrons. The highest BCUT2D eigenvalue weighted by Gasteiger charge is 2.11. The van der Waals surface area contributed by atoms with E-state index in [-0.39, 0.29) is 12.6 Å². The van der Waals surface area contributed by atoms with E-state index in [1.54, 1.807) is 18.5 Å². The molecule has 0 bridgehead atoms. The van der Waals surface area contributed by atoms with Crippen molar-refractivity contribution >= 4 is 27.8 Å². The number of hydrogen-bond donors (Lipinski definition) is 3. The van der Waals surface area contributed by atoms with Crippen LogP contribution in [-0.4, -0.2) is 38.6 Å². The third-order valence-corrected chi connectivity index (χ3v) is 4.44. The maximum atomic E-state index is 11.3. The number of aromatic amines is 2. The number of carbonyl (C=O) groups excluding carboxylic acids is 1. The minimum atomic E-state index is -0.320. The molecule has 26 heavy (non-hydrogen) atoms. The predicted octanol–water partition coefficient (Wildman–Crippen LogP) is 3.02. The number of aromatic nitrogens is 4. The Hall–Kier alpha value is -3.19. The molecule has 0 saturated heterocycles. The Labute approximate surface area is 150 Å². The summed E-state index contributed by atoms with van der Waals surface area (Å²) in [6, 6.07) is 7.47. The van der Waals surface area contributed by atoms with Crippen LogP contribution in [0.3, 0.4) is 0 Å². The molecule has 2 aromatic heterocycles. The number of fused-ring (bicyclic) bond motifs is 2. The zero-order chi connectivity index (χ0) is 18.7. The normalized spacial score (nSPS) is 10.6. The van der Waals surface area contributed by atoms with E-state index in [1.807, 2.05) is 32.0 Å². The van der Waals surface area contributed by atoms with Gasteiger partial charge in [0.1, 0.15) is 0 Å². The highest BCUT2D eigenvalue weighted by Crippen LogP contribution is 2.20. The van der Waals surface area contributed by atoms with Crippen molar-refractivity contribution in [2.45, 2.75) is 20.5 Å². The molecule has 0 amide bonds. The van der Waals surface area contributed by atoms with Crippen LogP contribution in [0.15, 0.2) is 36.7 Å². The number of carbonyl (C=O) groups is 1. The number of H-pyrrole nitrogens is 2. The summed E-state index contributed by atoms with van der Waals surface area (Å²) in [7, 11) is 1.37. The van der Waals surface area contributed by atoms with Gasteiger partial charge in [-0.15, -0.1) is 0 Å². The summed E-state index contributed by atoms with van der Waals surface area (Å²) in [6.45, 7) is 3.93. The molecule has 0 spiro atoms. The zero-order valence-corrected chi connectivity index (χ0v) is 14.8. The molecule has 0 aliphatic heterocycles.